The van der Waals surface area contributed by atoms with Crippen LogP contribution in [0.25, 0.3) is 5.69 Å². The third-order valence-electron chi connectivity index (χ3n) is 3.28. The van der Waals surface area contributed by atoms with Gasteiger partial charge in [-0.1, -0.05) is 26.0 Å². The summed E-state index contributed by atoms with van der Waals surface area (Å²) < 4.78 is 7.12. The first kappa shape index (κ1) is 15.1. The second kappa shape index (κ2) is 5.99. The molecule has 1 aromatic carbocycles. The highest BCUT2D eigenvalue weighted by molar-refractivity contribution is 5.72. The normalized spacial score (nSPS) is 10.9. The van der Waals surface area contributed by atoms with Crippen LogP contribution in [-0.2, 0) is 11.2 Å². The van der Waals surface area contributed by atoms with Gasteiger partial charge in [0, 0.05) is 5.56 Å². The van der Waals surface area contributed by atoms with Crippen molar-refractivity contribution >= 4 is 5.97 Å². The molecular weight excluding hydrogens is 268 g/mol. The summed E-state index contributed by atoms with van der Waals surface area (Å²) >= 11 is 0. The number of nitrogens with zero attached hydrogens (tertiary/aromatic N) is 2. The Morgan fingerprint density at radius 1 is 1.43 bits per heavy atom. The molecule has 0 radical (unpaired) electrons. The number of carboxylic acids is 1. The summed E-state index contributed by atoms with van der Waals surface area (Å²) in [6.45, 7) is 5.99. The Labute approximate surface area is 124 Å². The molecule has 1 N–H and O–H groups in total. The van der Waals surface area contributed by atoms with E-state index < -0.39 is 5.97 Å². The molecule has 0 atom stereocenters. The molecule has 1 aromatic heterocycles. The SMILES string of the molecule is COc1c(CC(=O)O)c(C(C)C)nn1-c1cccc(C)c1. The summed E-state index contributed by atoms with van der Waals surface area (Å²) in [6, 6.07) is 7.86. The topological polar surface area (TPSA) is 64.3 Å². The van der Waals surface area contributed by atoms with E-state index in [0.717, 1.165) is 16.9 Å². The minimum absolute atomic E-state index is 0.0947. The number of aromatic nitrogens is 2. The lowest BCUT2D eigenvalue weighted by Gasteiger charge is -2.08. The first-order valence-corrected chi connectivity index (χ1v) is 6.88. The van der Waals surface area contributed by atoms with Crippen LogP contribution in [0.1, 0.15) is 36.6 Å². The Morgan fingerprint density at radius 2 is 2.14 bits per heavy atom. The zero-order valence-electron chi connectivity index (χ0n) is 12.8. The summed E-state index contributed by atoms with van der Waals surface area (Å²) in [5.41, 5.74) is 3.37. The molecule has 0 unspecified atom stereocenters. The summed E-state index contributed by atoms with van der Waals surface area (Å²) in [4.78, 5) is 11.1. The Balaban J connectivity index is 2.63. The van der Waals surface area contributed by atoms with Gasteiger partial charge in [-0.3, -0.25) is 4.79 Å². The molecule has 0 saturated carbocycles. The molecule has 0 fully saturated rings. The summed E-state index contributed by atoms with van der Waals surface area (Å²) in [5.74, 6) is -0.273. The van der Waals surface area contributed by atoms with Gasteiger partial charge in [-0.2, -0.15) is 5.10 Å². The van der Waals surface area contributed by atoms with E-state index in [1.54, 1.807) is 11.8 Å². The van der Waals surface area contributed by atoms with E-state index in [4.69, 9.17) is 9.84 Å². The number of carbonyl (C=O) groups is 1. The molecule has 5 nitrogen and oxygen atoms in total. The fourth-order valence-electron chi connectivity index (χ4n) is 2.38. The van der Waals surface area contributed by atoms with Crippen LogP contribution in [0.2, 0.25) is 0 Å². The van der Waals surface area contributed by atoms with Crippen LogP contribution >= 0.6 is 0 Å². The lowest BCUT2D eigenvalue weighted by atomic mass is 10.0. The van der Waals surface area contributed by atoms with Crippen molar-refractivity contribution in [3.63, 3.8) is 0 Å². The van der Waals surface area contributed by atoms with Crippen molar-refractivity contribution in [2.24, 2.45) is 0 Å². The highest BCUT2D eigenvalue weighted by atomic mass is 16.5. The second-order valence-corrected chi connectivity index (χ2v) is 5.35. The standard InChI is InChI=1S/C16H20N2O3/c1-10(2)15-13(9-14(19)20)16(21-4)18(17-15)12-7-5-6-11(3)8-12/h5-8,10H,9H2,1-4H3,(H,19,20). The maximum absolute atomic E-state index is 11.1. The van der Waals surface area contributed by atoms with E-state index >= 15 is 0 Å². The highest BCUT2D eigenvalue weighted by Crippen LogP contribution is 2.30. The van der Waals surface area contributed by atoms with Gasteiger partial charge in [-0.05, 0) is 30.5 Å². The Kier molecular flexibility index (Phi) is 4.31. The van der Waals surface area contributed by atoms with Gasteiger partial charge < -0.3 is 9.84 Å². The molecule has 1 heterocycles. The molecule has 0 aliphatic carbocycles. The van der Waals surface area contributed by atoms with E-state index in [1.165, 1.54) is 0 Å². The van der Waals surface area contributed by atoms with Gasteiger partial charge in [0.2, 0.25) is 5.88 Å². The van der Waals surface area contributed by atoms with Crippen LogP contribution < -0.4 is 4.74 Å². The predicted octanol–water partition coefficient (Wildman–Crippen LogP) is 2.94. The van der Waals surface area contributed by atoms with Crippen LogP contribution in [0.5, 0.6) is 5.88 Å². The van der Waals surface area contributed by atoms with Crippen LogP contribution in [0.15, 0.2) is 24.3 Å². The van der Waals surface area contributed by atoms with Crippen molar-refractivity contribution in [1.82, 2.24) is 9.78 Å². The zero-order valence-corrected chi connectivity index (χ0v) is 12.8. The lowest BCUT2D eigenvalue weighted by Crippen LogP contribution is -2.05. The van der Waals surface area contributed by atoms with Gasteiger partial charge in [0.25, 0.3) is 0 Å². The number of benzene rings is 1. The van der Waals surface area contributed by atoms with Crippen molar-refractivity contribution in [3.05, 3.63) is 41.1 Å². The van der Waals surface area contributed by atoms with E-state index in [-0.39, 0.29) is 12.3 Å². The first-order chi connectivity index (χ1) is 9.93. The maximum atomic E-state index is 11.1. The van der Waals surface area contributed by atoms with Crippen molar-refractivity contribution in [2.75, 3.05) is 7.11 Å². The van der Waals surface area contributed by atoms with Gasteiger partial charge in [0.15, 0.2) is 0 Å². The largest absolute Gasteiger partial charge is 0.481 e. The number of hydrogen-bond donors (Lipinski definition) is 1. The van der Waals surface area contributed by atoms with Gasteiger partial charge in [0.1, 0.15) is 0 Å². The molecule has 0 saturated heterocycles. The zero-order chi connectivity index (χ0) is 15.6. The number of ether oxygens (including phenoxy) is 1. The lowest BCUT2D eigenvalue weighted by molar-refractivity contribution is -0.136. The molecule has 0 spiro atoms. The number of methoxy groups -OCH3 is 1. The first-order valence-electron chi connectivity index (χ1n) is 6.88. The monoisotopic (exact) mass is 288 g/mol. The Hall–Kier alpha value is -2.30. The van der Waals surface area contributed by atoms with Crippen LogP contribution in [-0.4, -0.2) is 28.0 Å². The smallest absolute Gasteiger partial charge is 0.308 e. The van der Waals surface area contributed by atoms with Crippen LogP contribution in [0.4, 0.5) is 0 Å². The quantitative estimate of drug-likeness (QED) is 0.918. The van der Waals surface area contributed by atoms with E-state index in [0.29, 0.717) is 11.4 Å². The van der Waals surface area contributed by atoms with Crippen molar-refractivity contribution in [1.29, 1.82) is 0 Å². The number of aliphatic carboxylic acids is 1. The van der Waals surface area contributed by atoms with Crippen LogP contribution in [0, 0.1) is 6.92 Å². The molecule has 0 aliphatic heterocycles. The van der Waals surface area contributed by atoms with Gasteiger partial charge in [0.05, 0.1) is 24.9 Å². The number of rotatable bonds is 5. The highest BCUT2D eigenvalue weighted by Gasteiger charge is 2.23. The molecule has 2 rings (SSSR count). The summed E-state index contributed by atoms with van der Waals surface area (Å²) in [7, 11) is 1.54. The van der Waals surface area contributed by atoms with Crippen LogP contribution in [0.3, 0.4) is 0 Å². The maximum Gasteiger partial charge on any atom is 0.308 e. The predicted molar refractivity (Wildman–Crippen MR) is 80.3 cm³/mol. The average Bonchev–Trinajstić information content (AvgIpc) is 2.76. The minimum Gasteiger partial charge on any atom is -0.481 e. The fourth-order valence-corrected chi connectivity index (χ4v) is 2.38. The average molecular weight is 288 g/mol. The van der Waals surface area contributed by atoms with Gasteiger partial charge in [-0.15, -0.1) is 0 Å². The molecule has 0 bridgehead atoms. The molecule has 5 heteroatoms. The molecule has 21 heavy (non-hydrogen) atoms. The number of aryl methyl sites for hydroxylation is 1. The molecule has 0 aliphatic rings. The third-order valence-corrected chi connectivity index (χ3v) is 3.28. The molecule has 2 aromatic rings. The number of carboxylic acid groups (broad SMARTS) is 1. The molecule has 112 valence electrons. The molecular formula is C16H20N2O3. The Bertz CT molecular complexity index is 660. The molecule has 0 amide bonds. The fraction of sp³-hybridized carbons (Fsp3) is 0.375. The number of hydrogen-bond acceptors (Lipinski definition) is 3. The van der Waals surface area contributed by atoms with E-state index in [1.807, 2.05) is 45.0 Å². The summed E-state index contributed by atoms with van der Waals surface area (Å²) in [6.07, 6.45) is -0.0947. The van der Waals surface area contributed by atoms with E-state index in [9.17, 15) is 4.79 Å². The van der Waals surface area contributed by atoms with Gasteiger partial charge in [-0.25, -0.2) is 4.68 Å². The van der Waals surface area contributed by atoms with E-state index in [2.05, 4.69) is 5.10 Å². The van der Waals surface area contributed by atoms with Crippen molar-refractivity contribution < 1.29 is 14.6 Å². The third kappa shape index (κ3) is 3.07. The van der Waals surface area contributed by atoms with Crippen molar-refractivity contribution in [2.45, 2.75) is 33.1 Å². The second-order valence-electron chi connectivity index (χ2n) is 5.35. The Morgan fingerprint density at radius 3 is 2.67 bits per heavy atom. The summed E-state index contributed by atoms with van der Waals surface area (Å²) in [5, 5.41) is 13.7. The van der Waals surface area contributed by atoms with Gasteiger partial charge >= 0.3 is 5.97 Å². The minimum atomic E-state index is -0.890. The van der Waals surface area contributed by atoms with Crippen molar-refractivity contribution in [3.8, 4) is 11.6 Å².